The van der Waals surface area contributed by atoms with Gasteiger partial charge in [0, 0.05) is 23.9 Å². The highest BCUT2D eigenvalue weighted by atomic mass is 32.2. The molecule has 17 heavy (non-hydrogen) atoms. The van der Waals surface area contributed by atoms with E-state index in [1.807, 2.05) is 42.2 Å². The summed E-state index contributed by atoms with van der Waals surface area (Å²) in [6, 6.07) is 12.2. The number of hydrogen-bond donors (Lipinski definition) is 0. The van der Waals surface area contributed by atoms with E-state index in [1.54, 1.807) is 0 Å². The first-order valence-electron chi connectivity index (χ1n) is 5.83. The Balaban J connectivity index is 2.04. The second-order valence-electron chi connectivity index (χ2n) is 3.66. The molecule has 0 aliphatic rings. The van der Waals surface area contributed by atoms with Gasteiger partial charge in [-0.1, -0.05) is 31.2 Å². The summed E-state index contributed by atoms with van der Waals surface area (Å²) in [4.78, 5) is 8.91. The summed E-state index contributed by atoms with van der Waals surface area (Å²) >= 11 is 1.91. The number of hydrogen-bond acceptors (Lipinski definition) is 3. The Morgan fingerprint density at radius 2 is 2.12 bits per heavy atom. The Morgan fingerprint density at radius 1 is 1.24 bits per heavy atom. The normalized spacial score (nSPS) is 11.4. The lowest BCUT2D eigenvalue weighted by Gasteiger charge is -1.98. The molecule has 2 aromatic rings. The van der Waals surface area contributed by atoms with Gasteiger partial charge in [0.1, 0.15) is 0 Å². The van der Waals surface area contributed by atoms with Gasteiger partial charge in [-0.15, -0.1) is 0 Å². The molecule has 0 aliphatic carbocycles. The fourth-order valence-electron chi connectivity index (χ4n) is 1.57. The molecule has 1 aromatic heterocycles. The first-order valence-corrected chi connectivity index (χ1v) is 6.99. The van der Waals surface area contributed by atoms with Crippen LogP contribution in [0.25, 0.3) is 10.9 Å². The summed E-state index contributed by atoms with van der Waals surface area (Å²) < 4.78 is 0. The average molecular weight is 244 g/mol. The fourth-order valence-corrected chi connectivity index (χ4v) is 2.10. The zero-order valence-electron chi connectivity index (χ0n) is 9.97. The Bertz CT molecular complexity index is 508. The summed E-state index contributed by atoms with van der Waals surface area (Å²) in [7, 11) is 0. The SMILES string of the molecule is CCSCCN=Cc1ccc2ccccc2n1. The molecule has 2 rings (SSSR count). The molecule has 0 saturated heterocycles. The first kappa shape index (κ1) is 12.1. The molecule has 0 aliphatic heterocycles. The number of thioether (sulfide) groups is 1. The van der Waals surface area contributed by atoms with Gasteiger partial charge in [0.05, 0.1) is 11.2 Å². The van der Waals surface area contributed by atoms with E-state index >= 15 is 0 Å². The van der Waals surface area contributed by atoms with E-state index in [0.717, 1.165) is 29.3 Å². The van der Waals surface area contributed by atoms with Crippen molar-refractivity contribution in [3.8, 4) is 0 Å². The van der Waals surface area contributed by atoms with E-state index in [1.165, 1.54) is 5.39 Å². The summed E-state index contributed by atoms with van der Waals surface area (Å²) in [5.41, 5.74) is 1.96. The van der Waals surface area contributed by atoms with Crippen molar-refractivity contribution in [1.29, 1.82) is 0 Å². The molecule has 3 heteroatoms. The van der Waals surface area contributed by atoms with E-state index in [4.69, 9.17) is 0 Å². The number of para-hydroxylation sites is 1. The van der Waals surface area contributed by atoms with Gasteiger partial charge in [-0.25, -0.2) is 4.98 Å². The third-order valence-electron chi connectivity index (χ3n) is 2.41. The quantitative estimate of drug-likeness (QED) is 0.595. The molecule has 0 saturated carbocycles. The molecule has 1 heterocycles. The standard InChI is InChI=1S/C14H16N2S/c1-2-17-10-9-15-11-13-8-7-12-5-3-4-6-14(12)16-13/h3-8,11H,2,9-10H2,1H3. The molecular formula is C14H16N2S. The van der Waals surface area contributed by atoms with Gasteiger partial charge in [-0.2, -0.15) is 11.8 Å². The summed E-state index contributed by atoms with van der Waals surface area (Å²) in [6.07, 6.45) is 1.86. The highest BCUT2D eigenvalue weighted by molar-refractivity contribution is 7.99. The van der Waals surface area contributed by atoms with Gasteiger partial charge in [0.25, 0.3) is 0 Å². The van der Waals surface area contributed by atoms with Crippen molar-refractivity contribution in [3.63, 3.8) is 0 Å². The van der Waals surface area contributed by atoms with Gasteiger partial charge in [-0.3, -0.25) is 4.99 Å². The number of pyridine rings is 1. The van der Waals surface area contributed by atoms with Gasteiger partial charge >= 0.3 is 0 Å². The lowest BCUT2D eigenvalue weighted by Crippen LogP contribution is -1.91. The zero-order valence-corrected chi connectivity index (χ0v) is 10.8. The van der Waals surface area contributed by atoms with Crippen LogP contribution < -0.4 is 0 Å². The van der Waals surface area contributed by atoms with Gasteiger partial charge in [-0.05, 0) is 17.9 Å². The molecular weight excluding hydrogens is 228 g/mol. The van der Waals surface area contributed by atoms with Crippen molar-refractivity contribution >= 4 is 28.9 Å². The molecule has 0 spiro atoms. The third-order valence-corrected chi connectivity index (χ3v) is 3.29. The third kappa shape index (κ3) is 3.56. The van der Waals surface area contributed by atoms with Crippen molar-refractivity contribution in [2.45, 2.75) is 6.92 Å². The predicted octanol–water partition coefficient (Wildman–Crippen LogP) is 3.41. The Labute approximate surface area is 106 Å². The van der Waals surface area contributed by atoms with Crippen LogP contribution in [-0.2, 0) is 0 Å². The number of aliphatic imine (C=N–C) groups is 1. The van der Waals surface area contributed by atoms with E-state index < -0.39 is 0 Å². The Hall–Kier alpha value is -1.35. The molecule has 1 aromatic carbocycles. The van der Waals surface area contributed by atoms with Crippen LogP contribution in [-0.4, -0.2) is 29.2 Å². The number of nitrogens with zero attached hydrogens (tertiary/aromatic N) is 2. The average Bonchev–Trinajstić information content (AvgIpc) is 2.38. The van der Waals surface area contributed by atoms with Crippen LogP contribution in [0, 0.1) is 0 Å². The minimum atomic E-state index is 0.868. The zero-order chi connectivity index (χ0) is 11.9. The van der Waals surface area contributed by atoms with Crippen molar-refractivity contribution in [2.75, 3.05) is 18.1 Å². The highest BCUT2D eigenvalue weighted by Gasteiger charge is 1.94. The minimum absolute atomic E-state index is 0.868. The maximum Gasteiger partial charge on any atom is 0.0815 e. The largest absolute Gasteiger partial charge is 0.290 e. The van der Waals surface area contributed by atoms with Crippen LogP contribution in [0.3, 0.4) is 0 Å². The molecule has 88 valence electrons. The van der Waals surface area contributed by atoms with Gasteiger partial charge in [0.2, 0.25) is 0 Å². The smallest absolute Gasteiger partial charge is 0.0815 e. The van der Waals surface area contributed by atoms with Crippen LogP contribution in [0.4, 0.5) is 0 Å². The van der Waals surface area contributed by atoms with Crippen LogP contribution >= 0.6 is 11.8 Å². The molecule has 2 nitrogen and oxygen atoms in total. The maximum absolute atomic E-state index is 4.54. The second kappa shape index (κ2) is 6.40. The van der Waals surface area contributed by atoms with Crippen molar-refractivity contribution in [1.82, 2.24) is 4.98 Å². The molecule has 0 fully saturated rings. The first-order chi connectivity index (χ1) is 8.40. The summed E-state index contributed by atoms with van der Waals surface area (Å²) in [5, 5.41) is 1.17. The number of fused-ring (bicyclic) bond motifs is 1. The highest BCUT2D eigenvalue weighted by Crippen LogP contribution is 2.10. The Morgan fingerprint density at radius 3 is 3.00 bits per heavy atom. The van der Waals surface area contributed by atoms with Gasteiger partial charge in [0.15, 0.2) is 0 Å². The van der Waals surface area contributed by atoms with E-state index in [0.29, 0.717) is 0 Å². The van der Waals surface area contributed by atoms with E-state index in [2.05, 4.69) is 29.0 Å². The predicted molar refractivity (Wildman–Crippen MR) is 77.2 cm³/mol. The van der Waals surface area contributed by atoms with Crippen LogP contribution in [0.2, 0.25) is 0 Å². The van der Waals surface area contributed by atoms with Crippen LogP contribution in [0.15, 0.2) is 41.4 Å². The maximum atomic E-state index is 4.54. The second-order valence-corrected chi connectivity index (χ2v) is 5.05. The topological polar surface area (TPSA) is 25.2 Å². The number of aromatic nitrogens is 1. The molecule has 0 amide bonds. The van der Waals surface area contributed by atoms with Gasteiger partial charge < -0.3 is 0 Å². The summed E-state index contributed by atoms with van der Waals surface area (Å²) in [6.45, 7) is 3.03. The minimum Gasteiger partial charge on any atom is -0.290 e. The van der Waals surface area contributed by atoms with Crippen LogP contribution in [0.5, 0.6) is 0 Å². The van der Waals surface area contributed by atoms with Crippen molar-refractivity contribution < 1.29 is 0 Å². The molecule has 0 unspecified atom stereocenters. The fraction of sp³-hybridized carbons (Fsp3) is 0.286. The number of benzene rings is 1. The summed E-state index contributed by atoms with van der Waals surface area (Å²) in [5.74, 6) is 2.24. The monoisotopic (exact) mass is 244 g/mol. The van der Waals surface area contributed by atoms with Crippen molar-refractivity contribution in [3.05, 3.63) is 42.1 Å². The number of rotatable bonds is 5. The van der Waals surface area contributed by atoms with E-state index in [-0.39, 0.29) is 0 Å². The van der Waals surface area contributed by atoms with Crippen LogP contribution in [0.1, 0.15) is 12.6 Å². The lowest BCUT2D eigenvalue weighted by molar-refractivity contribution is 1.15. The molecule has 0 radical (unpaired) electrons. The molecule has 0 atom stereocenters. The molecule has 0 bridgehead atoms. The Kier molecular flexibility index (Phi) is 4.56. The van der Waals surface area contributed by atoms with Crippen molar-refractivity contribution in [2.24, 2.45) is 4.99 Å². The van der Waals surface area contributed by atoms with E-state index in [9.17, 15) is 0 Å². The lowest BCUT2D eigenvalue weighted by atomic mass is 10.2. The molecule has 0 N–H and O–H groups in total.